The lowest BCUT2D eigenvalue weighted by atomic mass is 10.1. The van der Waals surface area contributed by atoms with E-state index in [4.69, 9.17) is 0 Å². The molecule has 0 bridgehead atoms. The molecule has 0 spiro atoms. The predicted octanol–water partition coefficient (Wildman–Crippen LogP) is 2.28. The summed E-state index contributed by atoms with van der Waals surface area (Å²) in [6.45, 7) is 7.32. The first kappa shape index (κ1) is 14.6. The first-order valence-corrected chi connectivity index (χ1v) is 7.12. The highest BCUT2D eigenvalue weighted by molar-refractivity contribution is 5.97. The summed E-state index contributed by atoms with van der Waals surface area (Å²) >= 11 is 0. The van der Waals surface area contributed by atoms with Crippen molar-refractivity contribution in [3.8, 4) is 0 Å². The van der Waals surface area contributed by atoms with Crippen molar-refractivity contribution in [3.63, 3.8) is 0 Å². The summed E-state index contributed by atoms with van der Waals surface area (Å²) in [7, 11) is 0. The van der Waals surface area contributed by atoms with Crippen molar-refractivity contribution < 1.29 is 9.59 Å². The van der Waals surface area contributed by atoms with E-state index in [9.17, 15) is 9.59 Å². The van der Waals surface area contributed by atoms with Crippen LogP contribution in [-0.4, -0.2) is 36.3 Å². The minimum Gasteiger partial charge on any atom is -0.341 e. The summed E-state index contributed by atoms with van der Waals surface area (Å²) in [6.07, 6.45) is 2.13. The van der Waals surface area contributed by atoms with E-state index in [1.807, 2.05) is 36.9 Å². The van der Waals surface area contributed by atoms with Crippen molar-refractivity contribution >= 4 is 17.5 Å². The largest absolute Gasteiger partial charge is 0.341 e. The van der Waals surface area contributed by atoms with Crippen molar-refractivity contribution in [1.82, 2.24) is 4.90 Å². The molecule has 2 amide bonds. The Morgan fingerprint density at radius 1 is 1.15 bits per heavy atom. The number of hydrogen-bond donors (Lipinski definition) is 0. The Balaban J connectivity index is 2.16. The van der Waals surface area contributed by atoms with E-state index in [2.05, 4.69) is 0 Å². The number of carbonyl (C=O) groups is 2. The van der Waals surface area contributed by atoms with Crippen LogP contribution in [0.5, 0.6) is 0 Å². The molecule has 1 aliphatic rings. The molecule has 1 aromatic rings. The van der Waals surface area contributed by atoms with Crippen LogP contribution in [0.4, 0.5) is 5.69 Å². The van der Waals surface area contributed by atoms with Gasteiger partial charge in [0, 0.05) is 25.7 Å². The molecule has 1 aromatic carbocycles. The molecule has 4 heteroatoms. The molecule has 0 unspecified atom stereocenters. The van der Waals surface area contributed by atoms with Gasteiger partial charge in [-0.2, -0.15) is 0 Å². The number of aryl methyl sites for hydroxylation is 2. The summed E-state index contributed by atoms with van der Waals surface area (Å²) < 4.78 is 0. The summed E-state index contributed by atoms with van der Waals surface area (Å²) in [6, 6.07) is 5.86. The van der Waals surface area contributed by atoms with Crippen molar-refractivity contribution in [3.05, 3.63) is 29.3 Å². The lowest BCUT2D eigenvalue weighted by Gasteiger charge is -2.24. The van der Waals surface area contributed by atoms with E-state index >= 15 is 0 Å². The van der Waals surface area contributed by atoms with Crippen molar-refractivity contribution in [2.45, 2.75) is 33.6 Å². The van der Waals surface area contributed by atoms with E-state index in [1.54, 1.807) is 4.90 Å². The normalized spacial score (nSPS) is 14.4. The fourth-order valence-corrected chi connectivity index (χ4v) is 2.48. The third-order valence-electron chi connectivity index (χ3n) is 3.93. The van der Waals surface area contributed by atoms with Crippen LogP contribution in [-0.2, 0) is 9.59 Å². The second kappa shape index (κ2) is 6.07. The number of benzene rings is 1. The van der Waals surface area contributed by atoms with Crippen molar-refractivity contribution in [2.75, 3.05) is 24.5 Å². The number of hydrogen-bond acceptors (Lipinski definition) is 2. The van der Waals surface area contributed by atoms with Gasteiger partial charge in [-0.1, -0.05) is 6.07 Å². The Morgan fingerprint density at radius 2 is 1.80 bits per heavy atom. The average Bonchev–Trinajstić information content (AvgIpc) is 2.93. The number of amides is 2. The van der Waals surface area contributed by atoms with E-state index in [1.165, 1.54) is 12.5 Å². The number of carbonyl (C=O) groups excluding carboxylic acids is 2. The lowest BCUT2D eigenvalue weighted by Crippen LogP contribution is -2.41. The molecular formula is C16H22N2O2. The Labute approximate surface area is 120 Å². The fraction of sp³-hybridized carbons (Fsp3) is 0.500. The Hall–Kier alpha value is -1.84. The summed E-state index contributed by atoms with van der Waals surface area (Å²) in [5, 5.41) is 0. The first-order valence-electron chi connectivity index (χ1n) is 7.12. The van der Waals surface area contributed by atoms with Gasteiger partial charge in [0.15, 0.2) is 0 Å². The Bertz CT molecular complexity index is 519. The van der Waals surface area contributed by atoms with Crippen LogP contribution in [0.25, 0.3) is 0 Å². The van der Waals surface area contributed by atoms with Crippen LogP contribution in [0.3, 0.4) is 0 Å². The van der Waals surface area contributed by atoms with Gasteiger partial charge in [-0.3, -0.25) is 9.59 Å². The molecule has 0 aliphatic carbocycles. The van der Waals surface area contributed by atoms with Crippen LogP contribution in [0.1, 0.15) is 30.9 Å². The summed E-state index contributed by atoms with van der Waals surface area (Å²) in [5.41, 5.74) is 3.11. The van der Waals surface area contributed by atoms with Crippen LogP contribution in [0.15, 0.2) is 18.2 Å². The molecule has 20 heavy (non-hydrogen) atoms. The van der Waals surface area contributed by atoms with Gasteiger partial charge in [0.25, 0.3) is 0 Å². The number of anilines is 1. The van der Waals surface area contributed by atoms with E-state index in [0.29, 0.717) is 0 Å². The molecule has 1 aliphatic heterocycles. The van der Waals surface area contributed by atoms with Gasteiger partial charge in [0.05, 0.1) is 0 Å². The molecule has 2 rings (SSSR count). The highest BCUT2D eigenvalue weighted by Crippen LogP contribution is 2.19. The van der Waals surface area contributed by atoms with Crippen molar-refractivity contribution in [1.29, 1.82) is 0 Å². The fourth-order valence-electron chi connectivity index (χ4n) is 2.48. The van der Waals surface area contributed by atoms with Gasteiger partial charge in [0.2, 0.25) is 11.8 Å². The highest BCUT2D eigenvalue weighted by atomic mass is 16.2. The Kier molecular flexibility index (Phi) is 4.42. The molecule has 4 nitrogen and oxygen atoms in total. The highest BCUT2D eigenvalue weighted by Gasteiger charge is 2.22. The number of likely N-dealkylation sites (tertiary alicyclic amines) is 1. The standard InChI is InChI=1S/C16H22N2O2/c1-12-6-7-15(10-13(12)2)18(14(3)19)11-16(20)17-8-4-5-9-17/h6-7,10H,4-5,8-9,11H2,1-3H3. The van der Waals surface area contributed by atoms with E-state index in [-0.39, 0.29) is 18.4 Å². The molecule has 108 valence electrons. The molecule has 0 saturated carbocycles. The maximum Gasteiger partial charge on any atom is 0.242 e. The Morgan fingerprint density at radius 3 is 2.35 bits per heavy atom. The predicted molar refractivity (Wildman–Crippen MR) is 79.8 cm³/mol. The monoisotopic (exact) mass is 274 g/mol. The van der Waals surface area contributed by atoms with E-state index in [0.717, 1.165) is 37.2 Å². The molecule has 1 heterocycles. The van der Waals surface area contributed by atoms with Gasteiger partial charge >= 0.3 is 0 Å². The zero-order valence-electron chi connectivity index (χ0n) is 12.5. The van der Waals surface area contributed by atoms with Crippen molar-refractivity contribution in [2.24, 2.45) is 0 Å². The van der Waals surface area contributed by atoms with Gasteiger partial charge in [-0.25, -0.2) is 0 Å². The zero-order chi connectivity index (χ0) is 14.7. The molecule has 1 fully saturated rings. The molecule has 0 radical (unpaired) electrons. The third kappa shape index (κ3) is 3.18. The smallest absolute Gasteiger partial charge is 0.242 e. The molecule has 0 atom stereocenters. The second-order valence-electron chi connectivity index (χ2n) is 5.46. The number of rotatable bonds is 3. The average molecular weight is 274 g/mol. The van der Waals surface area contributed by atoms with Gasteiger partial charge in [-0.15, -0.1) is 0 Å². The quantitative estimate of drug-likeness (QED) is 0.848. The van der Waals surface area contributed by atoms with Crippen LogP contribution in [0, 0.1) is 13.8 Å². The number of nitrogens with zero attached hydrogens (tertiary/aromatic N) is 2. The summed E-state index contributed by atoms with van der Waals surface area (Å²) in [5.74, 6) is -0.0586. The molecule has 0 N–H and O–H groups in total. The van der Waals surface area contributed by atoms with E-state index < -0.39 is 0 Å². The van der Waals surface area contributed by atoms with Crippen LogP contribution in [0.2, 0.25) is 0 Å². The lowest BCUT2D eigenvalue weighted by molar-refractivity contribution is -0.130. The van der Waals surface area contributed by atoms with Gasteiger partial charge in [0.1, 0.15) is 6.54 Å². The molecule has 0 aromatic heterocycles. The minimum absolute atomic E-state index is 0.0379. The third-order valence-corrected chi connectivity index (χ3v) is 3.93. The van der Waals surface area contributed by atoms with Gasteiger partial charge in [-0.05, 0) is 49.9 Å². The zero-order valence-corrected chi connectivity index (χ0v) is 12.5. The van der Waals surface area contributed by atoms with Crippen LogP contribution >= 0.6 is 0 Å². The maximum atomic E-state index is 12.2. The maximum absolute atomic E-state index is 12.2. The second-order valence-corrected chi connectivity index (χ2v) is 5.46. The molecular weight excluding hydrogens is 252 g/mol. The van der Waals surface area contributed by atoms with Gasteiger partial charge < -0.3 is 9.80 Å². The first-order chi connectivity index (χ1) is 9.49. The topological polar surface area (TPSA) is 40.6 Å². The summed E-state index contributed by atoms with van der Waals surface area (Å²) in [4.78, 5) is 27.5. The molecule has 1 saturated heterocycles. The van der Waals surface area contributed by atoms with Crippen LogP contribution < -0.4 is 4.90 Å². The minimum atomic E-state index is -0.0965. The SMILES string of the molecule is CC(=O)N(CC(=O)N1CCCC1)c1ccc(C)c(C)c1.